The summed E-state index contributed by atoms with van der Waals surface area (Å²) in [6.45, 7) is 1.75. The molecule has 1 amide bonds. The summed E-state index contributed by atoms with van der Waals surface area (Å²) >= 11 is 7.56. The summed E-state index contributed by atoms with van der Waals surface area (Å²) in [5.74, 6) is 6.09. The molecule has 1 aliphatic heterocycles. The number of aliphatic hydroxyl groups is 1. The maximum Gasteiger partial charge on any atom is 0.345 e. The minimum atomic E-state index is -0.952. The van der Waals surface area contributed by atoms with Crippen molar-refractivity contribution in [2.45, 2.75) is 25.4 Å². The van der Waals surface area contributed by atoms with Gasteiger partial charge in [-0.1, -0.05) is 35.7 Å². The van der Waals surface area contributed by atoms with Crippen molar-refractivity contribution >= 4 is 61.6 Å². The Bertz CT molecular complexity index is 1270. The van der Waals surface area contributed by atoms with Crippen LogP contribution in [0.4, 0.5) is 4.79 Å². The molecule has 0 aliphatic carbocycles. The zero-order chi connectivity index (χ0) is 25.5. The number of hydrogen-bond acceptors (Lipinski definition) is 7. The van der Waals surface area contributed by atoms with Crippen molar-refractivity contribution in [2.24, 2.45) is 0 Å². The molecule has 10 heteroatoms. The first-order valence-corrected chi connectivity index (χ1v) is 14.9. The van der Waals surface area contributed by atoms with Crippen molar-refractivity contribution in [3.63, 3.8) is 0 Å². The van der Waals surface area contributed by atoms with Gasteiger partial charge in [0.15, 0.2) is 0 Å². The van der Waals surface area contributed by atoms with E-state index in [0.717, 1.165) is 32.6 Å². The Morgan fingerprint density at radius 1 is 1.17 bits per heavy atom. The number of carbonyl (C=O) groups excluding carboxylic acids is 1. The van der Waals surface area contributed by atoms with Gasteiger partial charge in [-0.25, -0.2) is 9.80 Å². The molecule has 0 radical (unpaired) electrons. The van der Waals surface area contributed by atoms with Crippen LogP contribution in [0.1, 0.15) is 37.7 Å². The Kier molecular flexibility index (Phi) is 9.65. The van der Waals surface area contributed by atoms with Crippen LogP contribution in [-0.4, -0.2) is 62.9 Å². The molecule has 0 bridgehead atoms. The van der Waals surface area contributed by atoms with Crippen molar-refractivity contribution in [3.05, 3.63) is 78.1 Å². The van der Waals surface area contributed by atoms with E-state index in [0.29, 0.717) is 38.1 Å². The zero-order valence-corrected chi connectivity index (χ0v) is 23.4. The van der Waals surface area contributed by atoms with E-state index in [1.54, 1.807) is 22.4 Å². The third-order valence-corrected chi connectivity index (χ3v) is 9.32. The van der Waals surface area contributed by atoms with Crippen LogP contribution >= 0.6 is 50.4 Å². The van der Waals surface area contributed by atoms with E-state index in [4.69, 9.17) is 0 Å². The van der Waals surface area contributed by atoms with Crippen LogP contribution in [0.2, 0.25) is 0 Å². The molecule has 0 saturated carbocycles. The summed E-state index contributed by atoms with van der Waals surface area (Å²) < 4.78 is 0.756. The number of carboxylic acid groups (broad SMARTS) is 1. The van der Waals surface area contributed by atoms with E-state index >= 15 is 0 Å². The first-order valence-electron chi connectivity index (χ1n) is 11.4. The smallest absolute Gasteiger partial charge is 0.345 e. The predicted octanol–water partition coefficient (Wildman–Crippen LogP) is 5.59. The number of halogens is 1. The lowest BCUT2D eigenvalue weighted by Gasteiger charge is -2.38. The van der Waals surface area contributed by atoms with E-state index in [9.17, 15) is 19.8 Å². The largest absolute Gasteiger partial charge is 0.477 e. The molecule has 1 saturated heterocycles. The number of nitrogens with zero attached hydrogens (tertiary/aromatic N) is 2. The number of benzene rings is 1. The second kappa shape index (κ2) is 12.9. The third kappa shape index (κ3) is 7.44. The number of aromatic carboxylic acids is 1. The van der Waals surface area contributed by atoms with Gasteiger partial charge in [0.1, 0.15) is 4.88 Å². The SMILES string of the molecule is O=C(O)c1cc(Br)c(CCN2C(=O)SCCN2CCC(O)Cc2cccc(C#Cc3ccsc3)c2)s1. The number of hydrazine groups is 1. The Labute approximate surface area is 231 Å². The number of thiophene rings is 2. The van der Waals surface area contributed by atoms with Gasteiger partial charge in [0.2, 0.25) is 0 Å². The fourth-order valence-corrected chi connectivity index (χ4v) is 6.95. The minimum absolute atomic E-state index is 0.0150. The van der Waals surface area contributed by atoms with Crippen LogP contribution in [0, 0.1) is 11.8 Å². The first kappa shape index (κ1) is 26.9. The fraction of sp³-hybridized carbons (Fsp3) is 0.308. The molecule has 3 heterocycles. The first-order chi connectivity index (χ1) is 17.4. The predicted molar refractivity (Wildman–Crippen MR) is 150 cm³/mol. The van der Waals surface area contributed by atoms with E-state index in [1.807, 2.05) is 46.1 Å². The van der Waals surface area contributed by atoms with Gasteiger partial charge in [-0.2, -0.15) is 11.3 Å². The van der Waals surface area contributed by atoms with E-state index in [2.05, 4.69) is 27.8 Å². The lowest BCUT2D eigenvalue weighted by atomic mass is 10.0. The number of aliphatic hydroxyl groups excluding tert-OH is 1. The third-order valence-electron chi connectivity index (χ3n) is 5.64. The molecule has 188 valence electrons. The lowest BCUT2D eigenvalue weighted by molar-refractivity contribution is 0.0148. The van der Waals surface area contributed by atoms with Crippen LogP contribution < -0.4 is 0 Å². The Balaban J connectivity index is 1.32. The number of thioether (sulfide) groups is 1. The van der Waals surface area contributed by atoms with Crippen LogP contribution in [0.3, 0.4) is 0 Å². The number of hydrogen-bond donors (Lipinski definition) is 2. The van der Waals surface area contributed by atoms with Crippen molar-refractivity contribution < 1.29 is 19.8 Å². The lowest BCUT2D eigenvalue weighted by Crippen LogP contribution is -2.51. The van der Waals surface area contributed by atoms with Gasteiger partial charge in [-0.05, 0) is 64.0 Å². The van der Waals surface area contributed by atoms with Crippen molar-refractivity contribution in [2.75, 3.05) is 25.4 Å². The number of carboxylic acids is 1. The monoisotopic (exact) mass is 604 g/mol. The number of amides is 1. The summed E-state index contributed by atoms with van der Waals surface area (Å²) in [6.07, 6.45) is 1.07. The maximum absolute atomic E-state index is 12.6. The molecule has 1 atom stereocenters. The normalized spacial score (nSPS) is 14.9. The van der Waals surface area contributed by atoms with Crippen LogP contribution in [0.25, 0.3) is 0 Å². The maximum atomic E-state index is 12.6. The average molecular weight is 606 g/mol. The van der Waals surface area contributed by atoms with Gasteiger partial charge in [0.25, 0.3) is 5.24 Å². The molecule has 1 unspecified atom stereocenters. The molecule has 3 aromatic rings. The Morgan fingerprint density at radius 2 is 2.00 bits per heavy atom. The van der Waals surface area contributed by atoms with Gasteiger partial charge < -0.3 is 10.2 Å². The topological polar surface area (TPSA) is 81.1 Å². The number of carbonyl (C=O) groups is 2. The second-order valence-corrected chi connectivity index (χ2v) is 12.1. The van der Waals surface area contributed by atoms with Crippen LogP contribution in [-0.2, 0) is 12.8 Å². The highest BCUT2D eigenvalue weighted by atomic mass is 79.9. The van der Waals surface area contributed by atoms with Crippen molar-refractivity contribution in [3.8, 4) is 11.8 Å². The Morgan fingerprint density at radius 3 is 2.75 bits per heavy atom. The molecular weight excluding hydrogens is 580 g/mol. The van der Waals surface area contributed by atoms with E-state index < -0.39 is 12.1 Å². The molecule has 36 heavy (non-hydrogen) atoms. The quantitative estimate of drug-likeness (QED) is 0.310. The van der Waals surface area contributed by atoms with Crippen LogP contribution in [0.15, 0.2) is 51.6 Å². The van der Waals surface area contributed by atoms with Gasteiger partial charge in [0, 0.05) is 57.7 Å². The Hall–Kier alpha value is -2.13. The summed E-state index contributed by atoms with van der Waals surface area (Å²) in [5.41, 5.74) is 2.94. The highest BCUT2D eigenvalue weighted by molar-refractivity contribution is 9.10. The molecular formula is C26H25BrN2O4S3. The minimum Gasteiger partial charge on any atom is -0.477 e. The van der Waals surface area contributed by atoms with Gasteiger partial charge in [-0.3, -0.25) is 9.80 Å². The molecule has 1 fully saturated rings. The van der Waals surface area contributed by atoms with Gasteiger partial charge >= 0.3 is 5.97 Å². The fourth-order valence-electron chi connectivity index (χ4n) is 3.83. The zero-order valence-electron chi connectivity index (χ0n) is 19.4. The average Bonchev–Trinajstić information content (AvgIpc) is 3.51. The molecule has 0 spiro atoms. The highest BCUT2D eigenvalue weighted by Gasteiger charge is 2.27. The summed E-state index contributed by atoms with van der Waals surface area (Å²) in [4.78, 5) is 25.0. The van der Waals surface area contributed by atoms with Gasteiger partial charge in [-0.15, -0.1) is 11.3 Å². The molecule has 1 aromatic carbocycles. The van der Waals surface area contributed by atoms with E-state index in [1.165, 1.54) is 23.1 Å². The summed E-state index contributed by atoms with van der Waals surface area (Å²) in [5, 5.41) is 27.7. The molecule has 1 aliphatic rings. The molecule has 2 aromatic heterocycles. The summed E-state index contributed by atoms with van der Waals surface area (Å²) in [7, 11) is 0. The highest BCUT2D eigenvalue weighted by Crippen LogP contribution is 2.29. The standard InChI is InChI=1S/C26H25BrN2O4S3/c27-22-16-24(25(31)32)36-23(22)7-10-29-26(33)35-13-11-28(29)9-6-21(30)15-20-3-1-2-18(14-20)4-5-19-8-12-34-17-19/h1-3,8,12,14,16-17,21,30H,6-7,9-11,13,15H2,(H,31,32). The molecule has 6 nitrogen and oxygen atoms in total. The van der Waals surface area contributed by atoms with E-state index in [-0.39, 0.29) is 10.1 Å². The second-order valence-electron chi connectivity index (χ2n) is 8.24. The molecule has 2 N–H and O–H groups in total. The van der Waals surface area contributed by atoms with Gasteiger partial charge in [0.05, 0.1) is 6.10 Å². The van der Waals surface area contributed by atoms with Crippen LogP contribution in [0.5, 0.6) is 0 Å². The summed E-state index contributed by atoms with van der Waals surface area (Å²) in [6, 6.07) is 11.5. The van der Waals surface area contributed by atoms with Crippen molar-refractivity contribution in [1.82, 2.24) is 10.0 Å². The number of rotatable bonds is 9. The van der Waals surface area contributed by atoms with Crippen molar-refractivity contribution in [1.29, 1.82) is 0 Å². The molecule has 4 rings (SSSR count).